The van der Waals surface area contributed by atoms with Crippen molar-refractivity contribution in [2.24, 2.45) is 0 Å². The molecule has 0 saturated heterocycles. The number of sulfonamides is 1. The highest BCUT2D eigenvalue weighted by molar-refractivity contribution is 7.89. The van der Waals surface area contributed by atoms with E-state index in [4.69, 9.17) is 11.6 Å². The van der Waals surface area contributed by atoms with E-state index >= 15 is 0 Å². The number of nitrogens with one attached hydrogen (secondary N) is 2. The molecule has 4 aromatic rings. The van der Waals surface area contributed by atoms with Crippen molar-refractivity contribution < 1.29 is 18.0 Å². The van der Waals surface area contributed by atoms with Gasteiger partial charge in [0.1, 0.15) is 6.04 Å². The number of rotatable bonds is 13. The molecular formula is C32H33ClN4O4S. The molecule has 1 aromatic heterocycles. The summed E-state index contributed by atoms with van der Waals surface area (Å²) >= 11 is 6.10. The van der Waals surface area contributed by atoms with Crippen LogP contribution in [0.2, 0.25) is 5.02 Å². The smallest absolute Gasteiger partial charge is 0.247 e. The zero-order chi connectivity index (χ0) is 30.0. The largest absolute Gasteiger partial charge is 0.350 e. The molecule has 0 radical (unpaired) electrons. The molecule has 2 N–H and O–H groups in total. The van der Waals surface area contributed by atoms with Crippen molar-refractivity contribution >= 4 is 33.4 Å². The van der Waals surface area contributed by atoms with E-state index in [1.54, 1.807) is 48.5 Å². The average Bonchev–Trinajstić information content (AvgIpc) is 3.01. The van der Waals surface area contributed by atoms with E-state index < -0.39 is 16.1 Å². The third-order valence-corrected chi connectivity index (χ3v) is 8.49. The summed E-state index contributed by atoms with van der Waals surface area (Å²) < 4.78 is 27.1. The summed E-state index contributed by atoms with van der Waals surface area (Å²) in [6.45, 7) is 2.49. The minimum Gasteiger partial charge on any atom is -0.350 e. The first-order valence-corrected chi connectivity index (χ1v) is 15.5. The predicted octanol–water partition coefficient (Wildman–Crippen LogP) is 5.05. The fourth-order valence-electron chi connectivity index (χ4n) is 4.51. The van der Waals surface area contributed by atoms with Gasteiger partial charge in [0, 0.05) is 43.5 Å². The van der Waals surface area contributed by atoms with Crippen LogP contribution in [0.5, 0.6) is 0 Å². The maximum Gasteiger partial charge on any atom is 0.247 e. The standard InChI is InChI=1S/C32H33ClN4O4S/c1-2-36-42(40,41)29-15-10-24(11-16-29)12-17-30(38)37(23-26-8-13-28(33)14-9-26)31(27-6-4-3-5-7-27)32(39)35-22-25-18-20-34-21-19-25/h3-11,13-16,18-21,31,36H,2,12,17,22-23H2,1H3,(H,35,39)/t31-/m0/s1. The van der Waals surface area contributed by atoms with Gasteiger partial charge >= 0.3 is 0 Å². The van der Waals surface area contributed by atoms with Gasteiger partial charge in [0.05, 0.1) is 4.90 Å². The summed E-state index contributed by atoms with van der Waals surface area (Å²) in [7, 11) is -3.57. The average molecular weight is 605 g/mol. The molecule has 10 heteroatoms. The molecule has 0 aliphatic heterocycles. The molecule has 0 bridgehead atoms. The lowest BCUT2D eigenvalue weighted by molar-refractivity contribution is -0.141. The number of halogens is 1. The summed E-state index contributed by atoms with van der Waals surface area (Å²) in [5.74, 6) is -0.527. The first-order valence-electron chi connectivity index (χ1n) is 13.6. The summed E-state index contributed by atoms with van der Waals surface area (Å²) in [5.41, 5.74) is 3.21. The van der Waals surface area contributed by atoms with E-state index in [1.165, 1.54) is 12.1 Å². The Kier molecular flexibility index (Phi) is 10.8. The quantitative estimate of drug-likeness (QED) is 0.222. The molecule has 0 aliphatic rings. The van der Waals surface area contributed by atoms with Crippen molar-refractivity contribution in [1.29, 1.82) is 0 Å². The van der Waals surface area contributed by atoms with Crippen LogP contribution in [-0.2, 0) is 39.1 Å². The number of pyridine rings is 1. The first-order chi connectivity index (χ1) is 20.3. The molecular weight excluding hydrogens is 572 g/mol. The second-order valence-electron chi connectivity index (χ2n) is 9.68. The molecule has 1 atom stereocenters. The molecule has 4 rings (SSSR count). The van der Waals surface area contributed by atoms with E-state index in [9.17, 15) is 18.0 Å². The van der Waals surface area contributed by atoms with Crippen LogP contribution in [-0.4, -0.2) is 36.7 Å². The van der Waals surface area contributed by atoms with Gasteiger partial charge in [-0.2, -0.15) is 0 Å². The van der Waals surface area contributed by atoms with Crippen molar-refractivity contribution in [2.45, 2.75) is 43.8 Å². The summed E-state index contributed by atoms with van der Waals surface area (Å²) in [6.07, 6.45) is 3.81. The topological polar surface area (TPSA) is 108 Å². The Morgan fingerprint density at radius 2 is 1.50 bits per heavy atom. The molecule has 0 saturated carbocycles. The number of carbonyl (C=O) groups is 2. The highest BCUT2D eigenvalue weighted by Gasteiger charge is 2.31. The number of hydrogen-bond donors (Lipinski definition) is 2. The number of nitrogens with zero attached hydrogens (tertiary/aromatic N) is 2. The molecule has 218 valence electrons. The van der Waals surface area contributed by atoms with Crippen molar-refractivity contribution in [3.05, 3.63) is 131 Å². The monoisotopic (exact) mass is 604 g/mol. The molecule has 1 heterocycles. The Hall–Kier alpha value is -4.05. The van der Waals surface area contributed by atoms with Gasteiger partial charge in [-0.25, -0.2) is 13.1 Å². The second kappa shape index (κ2) is 14.7. The van der Waals surface area contributed by atoms with Gasteiger partial charge in [0.25, 0.3) is 0 Å². The van der Waals surface area contributed by atoms with Crippen LogP contribution in [0.15, 0.2) is 108 Å². The second-order valence-corrected chi connectivity index (χ2v) is 11.9. The van der Waals surface area contributed by atoms with E-state index in [0.29, 0.717) is 23.6 Å². The Labute approximate surface area is 251 Å². The van der Waals surface area contributed by atoms with E-state index in [0.717, 1.165) is 16.7 Å². The van der Waals surface area contributed by atoms with Gasteiger partial charge in [-0.1, -0.05) is 73.1 Å². The molecule has 0 spiro atoms. The number of carbonyl (C=O) groups excluding carboxylic acids is 2. The van der Waals surface area contributed by atoms with Gasteiger partial charge in [-0.15, -0.1) is 0 Å². The maximum absolute atomic E-state index is 13.9. The zero-order valence-corrected chi connectivity index (χ0v) is 24.8. The van der Waals surface area contributed by atoms with Crippen molar-refractivity contribution in [3.8, 4) is 0 Å². The van der Waals surface area contributed by atoms with Gasteiger partial charge < -0.3 is 10.2 Å². The van der Waals surface area contributed by atoms with Gasteiger partial charge in [-0.3, -0.25) is 14.6 Å². The Morgan fingerprint density at radius 1 is 0.857 bits per heavy atom. The molecule has 0 aliphatic carbocycles. The highest BCUT2D eigenvalue weighted by atomic mass is 35.5. The highest BCUT2D eigenvalue weighted by Crippen LogP contribution is 2.26. The van der Waals surface area contributed by atoms with E-state index in [-0.39, 0.29) is 36.2 Å². The molecule has 3 aromatic carbocycles. The number of amides is 2. The number of benzene rings is 3. The third-order valence-electron chi connectivity index (χ3n) is 6.67. The Balaban J connectivity index is 1.59. The van der Waals surface area contributed by atoms with Crippen LogP contribution in [0.1, 0.15) is 41.6 Å². The van der Waals surface area contributed by atoms with Gasteiger partial charge in [0.2, 0.25) is 21.8 Å². The van der Waals surface area contributed by atoms with Crippen LogP contribution < -0.4 is 10.0 Å². The summed E-state index contributed by atoms with van der Waals surface area (Å²) in [5, 5.41) is 3.56. The maximum atomic E-state index is 13.9. The SMILES string of the molecule is CCNS(=O)(=O)c1ccc(CCC(=O)N(Cc2ccc(Cl)cc2)[C@H](C(=O)NCc2ccncc2)c2ccccc2)cc1. The third kappa shape index (κ3) is 8.48. The molecule has 0 fully saturated rings. The van der Waals surface area contributed by atoms with Crippen molar-refractivity contribution in [2.75, 3.05) is 6.54 Å². The van der Waals surface area contributed by atoms with Crippen LogP contribution in [0, 0.1) is 0 Å². The fraction of sp³-hybridized carbons (Fsp3) is 0.219. The summed E-state index contributed by atoms with van der Waals surface area (Å²) in [4.78, 5) is 33.4. The predicted molar refractivity (Wildman–Crippen MR) is 163 cm³/mol. The number of hydrogen-bond acceptors (Lipinski definition) is 5. The molecule has 2 amide bonds. The van der Waals surface area contributed by atoms with Crippen LogP contribution in [0.3, 0.4) is 0 Å². The normalized spacial score (nSPS) is 12.0. The Morgan fingerprint density at radius 3 is 2.14 bits per heavy atom. The summed E-state index contributed by atoms with van der Waals surface area (Å²) in [6, 6.07) is 25.6. The molecule has 42 heavy (non-hydrogen) atoms. The first kappa shape index (κ1) is 30.9. The van der Waals surface area contributed by atoms with E-state index in [1.807, 2.05) is 54.6 Å². The molecule has 0 unspecified atom stereocenters. The lowest BCUT2D eigenvalue weighted by Gasteiger charge is -2.32. The fourth-order valence-corrected chi connectivity index (χ4v) is 5.68. The number of aromatic nitrogens is 1. The zero-order valence-electron chi connectivity index (χ0n) is 23.2. The van der Waals surface area contributed by atoms with Crippen LogP contribution in [0.4, 0.5) is 0 Å². The van der Waals surface area contributed by atoms with Crippen LogP contribution in [0.25, 0.3) is 0 Å². The minimum atomic E-state index is -3.57. The van der Waals surface area contributed by atoms with Gasteiger partial charge in [0.15, 0.2) is 0 Å². The molecule has 8 nitrogen and oxygen atoms in total. The lowest BCUT2D eigenvalue weighted by Crippen LogP contribution is -2.43. The minimum absolute atomic E-state index is 0.119. The Bertz CT molecular complexity index is 1570. The van der Waals surface area contributed by atoms with Crippen LogP contribution >= 0.6 is 11.6 Å². The van der Waals surface area contributed by atoms with E-state index in [2.05, 4.69) is 15.0 Å². The van der Waals surface area contributed by atoms with Crippen molar-refractivity contribution in [3.63, 3.8) is 0 Å². The number of aryl methyl sites for hydroxylation is 1. The van der Waals surface area contributed by atoms with Gasteiger partial charge in [-0.05, 0) is 65.1 Å². The lowest BCUT2D eigenvalue weighted by atomic mass is 10.0. The van der Waals surface area contributed by atoms with Crippen molar-refractivity contribution in [1.82, 2.24) is 19.9 Å².